The summed E-state index contributed by atoms with van der Waals surface area (Å²) in [4.78, 5) is 4.35. The number of nitrogens with two attached hydrogens (primary N) is 2. The summed E-state index contributed by atoms with van der Waals surface area (Å²) >= 11 is 0. The van der Waals surface area contributed by atoms with Crippen LogP contribution < -0.4 is 16.2 Å². The molecular weight excluding hydrogens is 226 g/mol. The van der Waals surface area contributed by atoms with E-state index in [-0.39, 0.29) is 0 Å². The van der Waals surface area contributed by atoms with Gasteiger partial charge in [-0.3, -0.25) is 0 Å². The number of pyridine rings is 1. The number of hydrogen-bond donors (Lipinski definition) is 2. The number of rotatable bonds is 4. The summed E-state index contributed by atoms with van der Waals surface area (Å²) in [6, 6.07) is 11.6. The van der Waals surface area contributed by atoms with Gasteiger partial charge in [0.15, 0.2) is 0 Å². The molecule has 0 aliphatic heterocycles. The molecule has 1 heterocycles. The molecule has 0 bridgehead atoms. The van der Waals surface area contributed by atoms with Gasteiger partial charge in [-0.1, -0.05) is 6.07 Å². The number of nitrogens with zero attached hydrogens (tertiary/aromatic N) is 1. The minimum Gasteiger partial charge on any atom is -0.494 e. The predicted molar refractivity (Wildman–Crippen MR) is 73.1 cm³/mol. The van der Waals surface area contributed by atoms with Gasteiger partial charge in [-0.05, 0) is 37.3 Å². The third-order valence-corrected chi connectivity index (χ3v) is 2.69. The van der Waals surface area contributed by atoms with Crippen LogP contribution in [0.5, 0.6) is 5.75 Å². The smallest absolute Gasteiger partial charge is 0.128 e. The molecule has 0 fully saturated rings. The summed E-state index contributed by atoms with van der Waals surface area (Å²) in [6.45, 7) is 3.03. The molecule has 2 rings (SSSR count). The number of aromatic nitrogens is 1. The van der Waals surface area contributed by atoms with Crippen molar-refractivity contribution in [2.75, 3.05) is 12.3 Å². The highest BCUT2D eigenvalue weighted by Gasteiger charge is 2.03. The second-order valence-corrected chi connectivity index (χ2v) is 3.90. The summed E-state index contributed by atoms with van der Waals surface area (Å²) in [6.07, 6.45) is 0. The van der Waals surface area contributed by atoms with Crippen molar-refractivity contribution in [3.05, 3.63) is 42.0 Å². The molecule has 0 aliphatic carbocycles. The van der Waals surface area contributed by atoms with E-state index in [2.05, 4.69) is 4.98 Å². The average Bonchev–Trinajstić information content (AvgIpc) is 2.40. The average molecular weight is 243 g/mol. The fourth-order valence-electron chi connectivity index (χ4n) is 1.73. The summed E-state index contributed by atoms with van der Waals surface area (Å²) in [5.74, 6) is 1.34. The number of hydrogen-bond acceptors (Lipinski definition) is 4. The molecule has 0 aliphatic rings. The Labute approximate surface area is 107 Å². The lowest BCUT2D eigenvalue weighted by molar-refractivity contribution is 0.340. The van der Waals surface area contributed by atoms with Crippen LogP contribution in [-0.2, 0) is 6.54 Å². The molecule has 18 heavy (non-hydrogen) atoms. The van der Waals surface area contributed by atoms with E-state index in [1.54, 1.807) is 0 Å². The first kappa shape index (κ1) is 12.4. The molecule has 0 spiro atoms. The number of nitrogen functional groups attached to an aromatic ring is 1. The predicted octanol–water partition coefficient (Wildman–Crippen LogP) is 2.19. The zero-order valence-corrected chi connectivity index (χ0v) is 10.4. The minimum absolute atomic E-state index is 0.405. The molecule has 1 aromatic heterocycles. The number of ether oxygens (including phenoxy) is 1. The molecule has 94 valence electrons. The Bertz CT molecular complexity index is 523. The molecule has 4 N–H and O–H groups in total. The molecule has 0 radical (unpaired) electrons. The number of benzene rings is 1. The summed E-state index contributed by atoms with van der Waals surface area (Å²) < 4.78 is 5.40. The first-order valence-corrected chi connectivity index (χ1v) is 5.93. The van der Waals surface area contributed by atoms with Crippen molar-refractivity contribution in [2.45, 2.75) is 13.5 Å². The largest absolute Gasteiger partial charge is 0.494 e. The Hall–Kier alpha value is -2.07. The maximum atomic E-state index is 5.83. The van der Waals surface area contributed by atoms with Crippen LogP contribution in [0.4, 0.5) is 5.82 Å². The van der Waals surface area contributed by atoms with Crippen molar-refractivity contribution in [2.24, 2.45) is 5.73 Å². The molecule has 4 nitrogen and oxygen atoms in total. The van der Waals surface area contributed by atoms with E-state index in [1.165, 1.54) is 0 Å². The monoisotopic (exact) mass is 243 g/mol. The standard InChI is InChI=1S/C14H17N3O/c1-2-18-12-6-3-10(4-7-12)13-8-5-11(9-15)14(16)17-13/h3-8H,2,9,15H2,1H3,(H2,16,17). The van der Waals surface area contributed by atoms with E-state index in [1.807, 2.05) is 43.3 Å². The van der Waals surface area contributed by atoms with Crippen molar-refractivity contribution < 1.29 is 4.74 Å². The molecule has 0 atom stereocenters. The lowest BCUT2D eigenvalue weighted by Crippen LogP contribution is -2.04. The molecule has 0 amide bonds. The van der Waals surface area contributed by atoms with E-state index in [4.69, 9.17) is 16.2 Å². The molecular formula is C14H17N3O. The van der Waals surface area contributed by atoms with Crippen molar-refractivity contribution in [1.29, 1.82) is 0 Å². The van der Waals surface area contributed by atoms with Crippen LogP contribution >= 0.6 is 0 Å². The fraction of sp³-hybridized carbons (Fsp3) is 0.214. The minimum atomic E-state index is 0.405. The van der Waals surface area contributed by atoms with Crippen LogP contribution in [0.2, 0.25) is 0 Å². The Morgan fingerprint density at radius 1 is 1.11 bits per heavy atom. The van der Waals surface area contributed by atoms with E-state index in [0.717, 1.165) is 22.6 Å². The van der Waals surface area contributed by atoms with Gasteiger partial charge in [-0.25, -0.2) is 4.98 Å². The second kappa shape index (κ2) is 5.51. The normalized spacial score (nSPS) is 10.3. The number of anilines is 1. The van der Waals surface area contributed by atoms with Crippen LogP contribution in [0.1, 0.15) is 12.5 Å². The maximum absolute atomic E-state index is 5.83. The molecule has 4 heteroatoms. The van der Waals surface area contributed by atoms with Crippen LogP contribution in [0, 0.1) is 0 Å². The van der Waals surface area contributed by atoms with Gasteiger partial charge in [0.2, 0.25) is 0 Å². The third kappa shape index (κ3) is 2.60. The van der Waals surface area contributed by atoms with Gasteiger partial charge < -0.3 is 16.2 Å². The Balaban J connectivity index is 2.28. The van der Waals surface area contributed by atoms with E-state index in [0.29, 0.717) is 19.0 Å². The van der Waals surface area contributed by atoms with Crippen molar-refractivity contribution in [1.82, 2.24) is 4.98 Å². The van der Waals surface area contributed by atoms with Gasteiger partial charge in [0.1, 0.15) is 11.6 Å². The molecule has 1 aromatic carbocycles. The van der Waals surface area contributed by atoms with Crippen molar-refractivity contribution in [3.8, 4) is 17.0 Å². The van der Waals surface area contributed by atoms with Crippen molar-refractivity contribution >= 4 is 5.82 Å². The fourth-order valence-corrected chi connectivity index (χ4v) is 1.73. The lowest BCUT2D eigenvalue weighted by Gasteiger charge is -2.07. The van der Waals surface area contributed by atoms with Crippen LogP contribution in [0.15, 0.2) is 36.4 Å². The summed E-state index contributed by atoms with van der Waals surface area (Å²) in [5.41, 5.74) is 14.1. The zero-order valence-electron chi connectivity index (χ0n) is 10.4. The molecule has 0 saturated heterocycles. The van der Waals surface area contributed by atoms with Gasteiger partial charge in [0.05, 0.1) is 12.3 Å². The van der Waals surface area contributed by atoms with Crippen LogP contribution in [-0.4, -0.2) is 11.6 Å². The van der Waals surface area contributed by atoms with Gasteiger partial charge >= 0.3 is 0 Å². The van der Waals surface area contributed by atoms with Crippen LogP contribution in [0.3, 0.4) is 0 Å². The van der Waals surface area contributed by atoms with E-state index in [9.17, 15) is 0 Å². The zero-order chi connectivity index (χ0) is 13.0. The third-order valence-electron chi connectivity index (χ3n) is 2.69. The lowest BCUT2D eigenvalue weighted by atomic mass is 10.1. The SMILES string of the molecule is CCOc1ccc(-c2ccc(CN)c(N)n2)cc1. The Kier molecular flexibility index (Phi) is 3.79. The first-order chi connectivity index (χ1) is 8.74. The van der Waals surface area contributed by atoms with E-state index >= 15 is 0 Å². The molecule has 0 saturated carbocycles. The summed E-state index contributed by atoms with van der Waals surface area (Å²) in [5, 5.41) is 0. The summed E-state index contributed by atoms with van der Waals surface area (Å²) in [7, 11) is 0. The van der Waals surface area contributed by atoms with Gasteiger partial charge in [-0.15, -0.1) is 0 Å². The Morgan fingerprint density at radius 2 is 1.83 bits per heavy atom. The highest BCUT2D eigenvalue weighted by atomic mass is 16.5. The van der Waals surface area contributed by atoms with Crippen LogP contribution in [0.25, 0.3) is 11.3 Å². The van der Waals surface area contributed by atoms with Crippen molar-refractivity contribution in [3.63, 3.8) is 0 Å². The Morgan fingerprint density at radius 3 is 2.39 bits per heavy atom. The quantitative estimate of drug-likeness (QED) is 0.863. The highest BCUT2D eigenvalue weighted by Crippen LogP contribution is 2.22. The molecule has 2 aromatic rings. The van der Waals surface area contributed by atoms with E-state index < -0.39 is 0 Å². The highest BCUT2D eigenvalue weighted by molar-refractivity contribution is 5.62. The van der Waals surface area contributed by atoms with Gasteiger partial charge in [0, 0.05) is 17.7 Å². The van der Waals surface area contributed by atoms with Gasteiger partial charge in [-0.2, -0.15) is 0 Å². The first-order valence-electron chi connectivity index (χ1n) is 5.93. The maximum Gasteiger partial charge on any atom is 0.128 e. The second-order valence-electron chi connectivity index (χ2n) is 3.90. The molecule has 0 unspecified atom stereocenters. The topological polar surface area (TPSA) is 74.2 Å². The van der Waals surface area contributed by atoms with Gasteiger partial charge in [0.25, 0.3) is 0 Å².